The summed E-state index contributed by atoms with van der Waals surface area (Å²) in [6.45, 7) is 8.11. The molecule has 0 aliphatic rings. The Labute approximate surface area is 138 Å². The van der Waals surface area contributed by atoms with Crippen molar-refractivity contribution in [3.05, 3.63) is 23.8 Å². The second-order valence-electron chi connectivity index (χ2n) is 6.10. The fourth-order valence-corrected chi connectivity index (χ4v) is 3.53. The summed E-state index contributed by atoms with van der Waals surface area (Å²) in [7, 11) is -3.78. The Morgan fingerprint density at radius 2 is 1.91 bits per heavy atom. The number of carbonyl (C=O) groups is 1. The summed E-state index contributed by atoms with van der Waals surface area (Å²) in [4.78, 5) is 11.1. The van der Waals surface area contributed by atoms with Crippen molar-refractivity contribution in [2.24, 2.45) is 5.92 Å². The number of hydrogen-bond acceptors (Lipinski definition) is 4. The van der Waals surface area contributed by atoms with Crippen LogP contribution in [0.5, 0.6) is 0 Å². The molecule has 0 unspecified atom stereocenters. The highest BCUT2D eigenvalue weighted by Gasteiger charge is 2.21. The third kappa shape index (κ3) is 5.84. The molecule has 3 N–H and O–H groups in total. The fourth-order valence-electron chi connectivity index (χ4n) is 2.12. The van der Waals surface area contributed by atoms with Gasteiger partial charge in [-0.05, 0) is 37.5 Å². The van der Waals surface area contributed by atoms with Crippen molar-refractivity contribution in [2.45, 2.75) is 51.5 Å². The Morgan fingerprint density at radius 1 is 1.26 bits per heavy atom. The van der Waals surface area contributed by atoms with Crippen LogP contribution in [0.15, 0.2) is 23.1 Å². The first kappa shape index (κ1) is 19.4. The van der Waals surface area contributed by atoms with Gasteiger partial charge in [0.25, 0.3) is 0 Å². The van der Waals surface area contributed by atoms with E-state index < -0.39 is 16.0 Å². The summed E-state index contributed by atoms with van der Waals surface area (Å²) in [5.41, 5.74) is 0.371. The van der Waals surface area contributed by atoms with Crippen LogP contribution in [0.2, 0.25) is 0 Å². The molecule has 0 radical (unpaired) electrons. The van der Waals surface area contributed by atoms with Crippen molar-refractivity contribution in [3.63, 3.8) is 0 Å². The van der Waals surface area contributed by atoms with E-state index in [1.807, 2.05) is 27.7 Å². The predicted octanol–water partition coefficient (Wildman–Crippen LogP) is 2.92. The topological polar surface area (TPSA) is 95.5 Å². The zero-order valence-corrected chi connectivity index (χ0v) is 14.9. The van der Waals surface area contributed by atoms with Crippen LogP contribution in [0.25, 0.3) is 0 Å². The largest absolute Gasteiger partial charge is 0.478 e. The van der Waals surface area contributed by atoms with Gasteiger partial charge < -0.3 is 10.4 Å². The molecular weight excluding hydrogens is 316 g/mol. The number of benzene rings is 1. The van der Waals surface area contributed by atoms with E-state index in [9.17, 15) is 13.2 Å². The summed E-state index contributed by atoms with van der Waals surface area (Å²) >= 11 is 0. The SMILES string of the molecule is CCC[C@@H](C)Nc1ccc(C(=O)O)cc1S(=O)(=O)NCC(C)C. The van der Waals surface area contributed by atoms with Crippen molar-refractivity contribution >= 4 is 21.7 Å². The van der Waals surface area contributed by atoms with Gasteiger partial charge in [-0.15, -0.1) is 0 Å². The minimum absolute atomic E-state index is 0.0268. The first-order valence-electron chi connectivity index (χ1n) is 7.81. The Bertz CT molecular complexity index is 641. The number of sulfonamides is 1. The third-order valence-corrected chi connectivity index (χ3v) is 4.79. The highest BCUT2D eigenvalue weighted by atomic mass is 32.2. The molecule has 0 amide bonds. The van der Waals surface area contributed by atoms with Gasteiger partial charge in [-0.2, -0.15) is 0 Å². The van der Waals surface area contributed by atoms with E-state index in [1.165, 1.54) is 18.2 Å². The van der Waals surface area contributed by atoms with Crippen molar-refractivity contribution in [3.8, 4) is 0 Å². The summed E-state index contributed by atoms with van der Waals surface area (Å²) in [6, 6.07) is 4.21. The van der Waals surface area contributed by atoms with E-state index in [2.05, 4.69) is 10.0 Å². The monoisotopic (exact) mass is 342 g/mol. The lowest BCUT2D eigenvalue weighted by Crippen LogP contribution is -2.29. The number of anilines is 1. The van der Waals surface area contributed by atoms with Crippen molar-refractivity contribution in [2.75, 3.05) is 11.9 Å². The Hall–Kier alpha value is -1.60. The first-order chi connectivity index (χ1) is 10.7. The lowest BCUT2D eigenvalue weighted by molar-refractivity contribution is 0.0696. The molecule has 0 fully saturated rings. The van der Waals surface area contributed by atoms with Gasteiger partial charge in [0.2, 0.25) is 10.0 Å². The number of nitrogens with one attached hydrogen (secondary N) is 2. The molecule has 0 heterocycles. The number of aromatic carboxylic acids is 1. The van der Waals surface area contributed by atoms with Crippen LogP contribution < -0.4 is 10.0 Å². The molecular formula is C16H26N2O4S. The molecule has 1 aromatic rings. The van der Waals surface area contributed by atoms with E-state index in [0.717, 1.165) is 12.8 Å². The number of hydrogen-bond donors (Lipinski definition) is 3. The molecule has 0 spiro atoms. The molecule has 0 saturated carbocycles. The van der Waals surface area contributed by atoms with Gasteiger partial charge in [0.1, 0.15) is 4.90 Å². The number of carboxylic acid groups (broad SMARTS) is 1. The van der Waals surface area contributed by atoms with Crippen LogP contribution in [-0.4, -0.2) is 32.1 Å². The van der Waals surface area contributed by atoms with Gasteiger partial charge >= 0.3 is 5.97 Å². The van der Waals surface area contributed by atoms with Crippen molar-refractivity contribution in [1.29, 1.82) is 0 Å². The van der Waals surface area contributed by atoms with Gasteiger partial charge in [0.15, 0.2) is 0 Å². The maximum atomic E-state index is 12.5. The third-order valence-electron chi connectivity index (χ3n) is 3.32. The summed E-state index contributed by atoms with van der Waals surface area (Å²) in [5, 5.41) is 12.3. The first-order valence-corrected chi connectivity index (χ1v) is 9.29. The molecule has 1 aromatic carbocycles. The van der Waals surface area contributed by atoms with Crippen LogP contribution >= 0.6 is 0 Å². The quantitative estimate of drug-likeness (QED) is 0.641. The standard InChI is InChI=1S/C16H26N2O4S/c1-5-6-12(4)18-14-8-7-13(16(19)20)9-15(14)23(21,22)17-10-11(2)3/h7-9,11-12,17-18H,5-6,10H2,1-4H3,(H,19,20)/t12-/m1/s1. The number of rotatable bonds is 9. The zero-order valence-electron chi connectivity index (χ0n) is 14.1. The second-order valence-corrected chi connectivity index (χ2v) is 7.83. The summed E-state index contributed by atoms with van der Waals surface area (Å²) in [6.07, 6.45) is 1.86. The molecule has 23 heavy (non-hydrogen) atoms. The predicted molar refractivity (Wildman–Crippen MR) is 91.4 cm³/mol. The number of carboxylic acids is 1. The highest BCUT2D eigenvalue weighted by Crippen LogP contribution is 2.24. The van der Waals surface area contributed by atoms with E-state index in [-0.39, 0.29) is 22.4 Å². The fraction of sp³-hybridized carbons (Fsp3) is 0.562. The molecule has 7 heteroatoms. The lowest BCUT2D eigenvalue weighted by Gasteiger charge is -2.19. The normalized spacial score (nSPS) is 13.1. The van der Waals surface area contributed by atoms with Crippen LogP contribution in [0.4, 0.5) is 5.69 Å². The van der Waals surface area contributed by atoms with E-state index in [0.29, 0.717) is 12.2 Å². The van der Waals surface area contributed by atoms with E-state index in [4.69, 9.17) is 5.11 Å². The maximum Gasteiger partial charge on any atom is 0.335 e. The molecule has 0 bridgehead atoms. The molecule has 1 rings (SSSR count). The average molecular weight is 342 g/mol. The molecule has 6 nitrogen and oxygen atoms in total. The molecule has 130 valence electrons. The van der Waals surface area contributed by atoms with E-state index >= 15 is 0 Å². The van der Waals surface area contributed by atoms with Crippen molar-refractivity contribution < 1.29 is 18.3 Å². The molecule has 0 aliphatic carbocycles. The Balaban J connectivity index is 3.22. The molecule has 0 aromatic heterocycles. The minimum atomic E-state index is -3.78. The van der Waals surface area contributed by atoms with Gasteiger partial charge in [-0.25, -0.2) is 17.9 Å². The highest BCUT2D eigenvalue weighted by molar-refractivity contribution is 7.89. The van der Waals surface area contributed by atoms with Gasteiger partial charge in [0, 0.05) is 12.6 Å². The Kier molecular flexibility index (Phi) is 7.02. The smallest absolute Gasteiger partial charge is 0.335 e. The van der Waals surface area contributed by atoms with Crippen LogP contribution in [-0.2, 0) is 10.0 Å². The van der Waals surface area contributed by atoms with Crippen LogP contribution in [0, 0.1) is 5.92 Å². The van der Waals surface area contributed by atoms with E-state index in [1.54, 1.807) is 0 Å². The maximum absolute atomic E-state index is 12.5. The Morgan fingerprint density at radius 3 is 2.43 bits per heavy atom. The van der Waals surface area contributed by atoms with Crippen molar-refractivity contribution in [1.82, 2.24) is 4.72 Å². The van der Waals surface area contributed by atoms with Crippen LogP contribution in [0.3, 0.4) is 0 Å². The summed E-state index contributed by atoms with van der Waals surface area (Å²) < 4.78 is 27.6. The molecule has 1 atom stereocenters. The minimum Gasteiger partial charge on any atom is -0.478 e. The second kappa shape index (κ2) is 8.31. The average Bonchev–Trinajstić information content (AvgIpc) is 2.45. The van der Waals surface area contributed by atoms with Gasteiger partial charge in [-0.1, -0.05) is 27.2 Å². The zero-order chi connectivity index (χ0) is 17.6. The van der Waals surface area contributed by atoms with Gasteiger partial charge in [0.05, 0.1) is 11.3 Å². The lowest BCUT2D eigenvalue weighted by atomic mass is 10.1. The van der Waals surface area contributed by atoms with Crippen LogP contribution in [0.1, 0.15) is 50.9 Å². The summed E-state index contributed by atoms with van der Waals surface area (Å²) in [5.74, 6) is -0.999. The van der Waals surface area contributed by atoms with Gasteiger partial charge in [-0.3, -0.25) is 0 Å². The molecule has 0 aliphatic heterocycles. The molecule has 0 saturated heterocycles.